The molecule has 0 amide bonds. The van der Waals surface area contributed by atoms with Gasteiger partial charge in [-0.15, -0.1) is 0 Å². The van der Waals surface area contributed by atoms with Crippen molar-refractivity contribution in [2.24, 2.45) is 5.92 Å². The van der Waals surface area contributed by atoms with Gasteiger partial charge >= 0.3 is 5.97 Å². The van der Waals surface area contributed by atoms with Crippen LogP contribution in [0.15, 0.2) is 48.5 Å². The van der Waals surface area contributed by atoms with Crippen LogP contribution in [0.1, 0.15) is 43.2 Å². The van der Waals surface area contributed by atoms with Crippen LogP contribution < -0.4 is 4.74 Å². The maximum absolute atomic E-state index is 12.2. The summed E-state index contributed by atoms with van der Waals surface area (Å²) < 4.78 is 5.50. The van der Waals surface area contributed by atoms with Crippen LogP contribution in [-0.2, 0) is 4.79 Å². The summed E-state index contributed by atoms with van der Waals surface area (Å²) in [5.41, 5.74) is 2.23. The molecule has 4 heteroatoms. The Morgan fingerprint density at radius 1 is 1.04 bits per heavy atom. The quantitative estimate of drug-likeness (QED) is 0.294. The monoisotopic (exact) mass is 365 g/mol. The van der Waals surface area contributed by atoms with Crippen LogP contribution in [-0.4, -0.2) is 5.97 Å². The highest BCUT2D eigenvalue weighted by Crippen LogP contribution is 2.26. The number of hydrogen-bond donors (Lipinski definition) is 0. The van der Waals surface area contributed by atoms with E-state index >= 15 is 0 Å². The molecule has 3 rings (SSSR count). The van der Waals surface area contributed by atoms with Gasteiger partial charge in [0.05, 0.1) is 17.6 Å². The zero-order chi connectivity index (χ0) is 18.4. The van der Waals surface area contributed by atoms with Crippen LogP contribution in [0, 0.1) is 17.2 Å². The second-order valence-electron chi connectivity index (χ2n) is 6.50. The average Bonchev–Trinajstić information content (AvgIpc) is 2.69. The predicted molar refractivity (Wildman–Crippen MR) is 104 cm³/mol. The Balaban J connectivity index is 1.69. The van der Waals surface area contributed by atoms with Gasteiger partial charge < -0.3 is 4.74 Å². The first kappa shape index (κ1) is 18.2. The van der Waals surface area contributed by atoms with Crippen molar-refractivity contribution in [2.75, 3.05) is 0 Å². The first-order chi connectivity index (χ1) is 12.7. The summed E-state index contributed by atoms with van der Waals surface area (Å²) in [4.78, 5) is 12.2. The van der Waals surface area contributed by atoms with E-state index in [1.807, 2.05) is 24.3 Å². The van der Waals surface area contributed by atoms with Crippen molar-refractivity contribution in [1.82, 2.24) is 0 Å². The molecule has 1 fully saturated rings. The lowest BCUT2D eigenvalue weighted by atomic mass is 9.89. The zero-order valence-electron chi connectivity index (χ0n) is 14.5. The van der Waals surface area contributed by atoms with E-state index in [2.05, 4.69) is 6.07 Å². The molecule has 0 spiro atoms. The van der Waals surface area contributed by atoms with Gasteiger partial charge in [0.15, 0.2) is 0 Å². The van der Waals surface area contributed by atoms with Crippen LogP contribution in [0.5, 0.6) is 5.75 Å². The van der Waals surface area contributed by atoms with E-state index in [1.165, 1.54) is 6.42 Å². The Hall–Kier alpha value is -2.57. The summed E-state index contributed by atoms with van der Waals surface area (Å²) in [6.45, 7) is 0. The van der Waals surface area contributed by atoms with Gasteiger partial charge in [-0.2, -0.15) is 5.26 Å². The van der Waals surface area contributed by atoms with Gasteiger partial charge in [-0.25, -0.2) is 0 Å². The molecule has 132 valence electrons. The van der Waals surface area contributed by atoms with Crippen LogP contribution in [0.4, 0.5) is 0 Å². The van der Waals surface area contributed by atoms with Crippen LogP contribution in [0.2, 0.25) is 5.02 Å². The fourth-order valence-corrected chi connectivity index (χ4v) is 3.27. The van der Waals surface area contributed by atoms with Crippen molar-refractivity contribution < 1.29 is 9.53 Å². The number of esters is 1. The summed E-state index contributed by atoms with van der Waals surface area (Å²) in [5, 5.41) is 10.0. The van der Waals surface area contributed by atoms with Gasteiger partial charge in [0.25, 0.3) is 0 Å². The number of benzene rings is 2. The number of carbonyl (C=O) groups excluding carboxylic acids is 1. The minimum absolute atomic E-state index is 0.0263. The molecule has 26 heavy (non-hydrogen) atoms. The Kier molecular flexibility index (Phi) is 6.09. The van der Waals surface area contributed by atoms with Gasteiger partial charge in [0.2, 0.25) is 0 Å². The largest absolute Gasteiger partial charge is 0.426 e. The minimum Gasteiger partial charge on any atom is -0.426 e. The van der Waals surface area contributed by atoms with E-state index in [9.17, 15) is 10.1 Å². The first-order valence-corrected chi connectivity index (χ1v) is 9.23. The molecule has 0 aliphatic heterocycles. The molecule has 0 radical (unpaired) electrons. The highest BCUT2D eigenvalue weighted by Gasteiger charge is 2.22. The summed E-state index contributed by atoms with van der Waals surface area (Å²) >= 11 is 5.89. The lowest BCUT2D eigenvalue weighted by Gasteiger charge is -2.19. The van der Waals surface area contributed by atoms with Crippen molar-refractivity contribution in [2.45, 2.75) is 32.1 Å². The van der Waals surface area contributed by atoms with Gasteiger partial charge in [0, 0.05) is 5.02 Å². The summed E-state index contributed by atoms with van der Waals surface area (Å²) in [6, 6.07) is 16.6. The number of nitriles is 1. The molecule has 0 saturated heterocycles. The van der Waals surface area contributed by atoms with Crippen molar-refractivity contribution in [1.29, 1.82) is 5.26 Å². The van der Waals surface area contributed by atoms with E-state index in [4.69, 9.17) is 16.3 Å². The Bertz CT molecular complexity index is 826. The minimum atomic E-state index is -0.133. The van der Waals surface area contributed by atoms with Crippen molar-refractivity contribution in [3.8, 4) is 11.8 Å². The first-order valence-electron chi connectivity index (χ1n) is 8.85. The summed E-state index contributed by atoms with van der Waals surface area (Å²) in [5.74, 6) is 0.438. The molecule has 0 unspecified atom stereocenters. The van der Waals surface area contributed by atoms with Gasteiger partial charge in [-0.3, -0.25) is 4.79 Å². The molecule has 0 heterocycles. The zero-order valence-corrected chi connectivity index (χ0v) is 15.2. The van der Waals surface area contributed by atoms with Crippen LogP contribution >= 0.6 is 11.6 Å². The number of hydrogen-bond acceptors (Lipinski definition) is 3. The second kappa shape index (κ2) is 8.69. The molecule has 2 aromatic rings. The maximum atomic E-state index is 12.2. The molecular weight excluding hydrogens is 346 g/mol. The molecule has 0 N–H and O–H groups in total. The third kappa shape index (κ3) is 4.74. The standard InChI is InChI=1S/C22H20ClNO2/c23-20-10-8-17(9-11-20)19(15-24)14-16-6-12-21(13-7-16)26-22(25)18-4-2-1-3-5-18/h6-14,18H,1-5H2/b19-14-. The molecule has 1 aliphatic carbocycles. The Morgan fingerprint density at radius 3 is 2.31 bits per heavy atom. The van der Waals surface area contributed by atoms with E-state index in [-0.39, 0.29) is 11.9 Å². The lowest BCUT2D eigenvalue weighted by Crippen LogP contribution is -2.22. The third-order valence-corrected chi connectivity index (χ3v) is 4.88. The highest BCUT2D eigenvalue weighted by molar-refractivity contribution is 6.30. The van der Waals surface area contributed by atoms with Gasteiger partial charge in [-0.1, -0.05) is 55.1 Å². The van der Waals surface area contributed by atoms with Crippen LogP contribution in [0.25, 0.3) is 11.6 Å². The topological polar surface area (TPSA) is 50.1 Å². The van der Waals surface area contributed by atoms with Crippen molar-refractivity contribution >= 4 is 29.2 Å². The highest BCUT2D eigenvalue weighted by atomic mass is 35.5. The van der Waals surface area contributed by atoms with E-state index in [1.54, 1.807) is 30.3 Å². The molecule has 1 saturated carbocycles. The molecule has 0 bridgehead atoms. The fourth-order valence-electron chi connectivity index (χ4n) is 3.15. The van der Waals surface area contributed by atoms with E-state index in [0.29, 0.717) is 16.3 Å². The molecule has 0 atom stereocenters. The Morgan fingerprint density at radius 2 is 1.69 bits per heavy atom. The average molecular weight is 366 g/mol. The molecular formula is C22H20ClNO2. The Labute approximate surface area is 158 Å². The van der Waals surface area contributed by atoms with E-state index in [0.717, 1.165) is 36.8 Å². The third-order valence-electron chi connectivity index (χ3n) is 4.62. The summed E-state index contributed by atoms with van der Waals surface area (Å²) in [6.07, 6.45) is 7.06. The fraction of sp³-hybridized carbons (Fsp3) is 0.273. The normalized spacial score (nSPS) is 15.3. The number of rotatable bonds is 4. The van der Waals surface area contributed by atoms with E-state index < -0.39 is 0 Å². The molecule has 0 aromatic heterocycles. The lowest BCUT2D eigenvalue weighted by molar-refractivity contribution is -0.139. The predicted octanol–water partition coefficient (Wildman–Crippen LogP) is 5.89. The molecule has 1 aliphatic rings. The summed E-state index contributed by atoms with van der Waals surface area (Å²) in [7, 11) is 0. The molecule has 2 aromatic carbocycles. The number of halogens is 1. The molecule has 3 nitrogen and oxygen atoms in total. The second-order valence-corrected chi connectivity index (χ2v) is 6.94. The number of nitrogens with zero attached hydrogens (tertiary/aromatic N) is 1. The number of allylic oxidation sites excluding steroid dienone is 1. The number of ether oxygens (including phenoxy) is 1. The SMILES string of the molecule is N#C/C(=C/c1ccc(OC(=O)C2CCCCC2)cc1)c1ccc(Cl)cc1. The maximum Gasteiger partial charge on any atom is 0.314 e. The van der Waals surface area contributed by atoms with Gasteiger partial charge in [0.1, 0.15) is 5.75 Å². The smallest absolute Gasteiger partial charge is 0.314 e. The van der Waals surface area contributed by atoms with Crippen LogP contribution in [0.3, 0.4) is 0 Å². The number of carbonyl (C=O) groups is 1. The van der Waals surface area contributed by atoms with Crippen molar-refractivity contribution in [3.63, 3.8) is 0 Å². The van der Waals surface area contributed by atoms with Gasteiger partial charge in [-0.05, 0) is 54.3 Å². The van der Waals surface area contributed by atoms with Crippen molar-refractivity contribution in [3.05, 3.63) is 64.7 Å².